The predicted octanol–water partition coefficient (Wildman–Crippen LogP) is 8.88. The van der Waals surface area contributed by atoms with E-state index in [9.17, 15) is 41.8 Å². The van der Waals surface area contributed by atoms with Gasteiger partial charge in [0.25, 0.3) is 0 Å². The smallest absolute Gasteiger partial charge is 0.416 e. The number of aliphatic carboxylic acids is 2. The highest BCUT2D eigenvalue weighted by atomic mass is 19.4. The number of carboxylic acids is 2. The largest absolute Gasteiger partial charge is 0.490 e. The normalized spacial score (nSPS) is 20.2. The molecular formula is C43H52F6N4O7. The van der Waals surface area contributed by atoms with Crippen molar-refractivity contribution in [1.29, 1.82) is 0 Å². The van der Waals surface area contributed by atoms with E-state index >= 15 is 4.39 Å². The molecule has 1 aromatic carbocycles. The molecular weight excluding hydrogens is 798 g/mol. The van der Waals surface area contributed by atoms with Gasteiger partial charge in [0.2, 0.25) is 11.9 Å². The summed E-state index contributed by atoms with van der Waals surface area (Å²) < 4.78 is 92.3. The van der Waals surface area contributed by atoms with Crippen LogP contribution in [0.1, 0.15) is 142 Å². The first-order valence-electron chi connectivity index (χ1n) is 19.9. The number of piperidine rings is 1. The van der Waals surface area contributed by atoms with E-state index in [4.69, 9.17) is 19.9 Å². The van der Waals surface area contributed by atoms with Crippen LogP contribution in [0.4, 0.5) is 32.3 Å². The Kier molecular flexibility index (Phi) is 14.2. The fourth-order valence-electron chi connectivity index (χ4n) is 8.18. The molecule has 4 N–H and O–H groups in total. The van der Waals surface area contributed by atoms with Gasteiger partial charge in [-0.1, -0.05) is 26.0 Å². The molecule has 11 nitrogen and oxygen atoms in total. The maximum Gasteiger partial charge on any atom is 0.416 e. The Morgan fingerprint density at radius 3 is 2.02 bits per heavy atom. The SMILES string of the molecule is CC(C)(O)CCOc1cnc(N2CCC(c3nc4c(c(C5CCC(F)(F)CC5)c3[C@@H](F)c3ccc(C(F)(F)F)cc3)[C@@H](O)CC(C)(C)C4)CC2)nc1.O=C(O)/C=C\C(=O)O. The molecule has 2 aromatic heterocycles. The molecule has 60 heavy (non-hydrogen) atoms. The van der Waals surface area contributed by atoms with Crippen molar-refractivity contribution in [3.63, 3.8) is 0 Å². The third kappa shape index (κ3) is 12.2. The lowest BCUT2D eigenvalue weighted by atomic mass is 9.68. The molecule has 0 unspecified atom stereocenters. The van der Waals surface area contributed by atoms with Crippen LogP contribution in [-0.2, 0) is 22.2 Å². The zero-order valence-electron chi connectivity index (χ0n) is 34.0. The van der Waals surface area contributed by atoms with Crippen LogP contribution in [0.25, 0.3) is 0 Å². The second-order valence-corrected chi connectivity index (χ2v) is 17.3. The Labute approximate surface area is 344 Å². The van der Waals surface area contributed by atoms with Gasteiger partial charge in [0.1, 0.15) is 0 Å². The molecule has 3 aromatic rings. The van der Waals surface area contributed by atoms with Crippen LogP contribution in [0.15, 0.2) is 48.8 Å². The lowest BCUT2D eigenvalue weighted by Gasteiger charge is -2.41. The minimum Gasteiger partial charge on any atom is -0.490 e. The standard InChI is InChI=1S/C39H48F6N4O3.C4H4O4/c1-36(2)19-28-31(29(50)20-36)30(23-9-13-38(41,42)14-10-23)32(33(40)24-5-7-26(8-6-24)39(43,44)45)34(48-28)25-11-16-49(17-12-25)35-46-21-27(22-47-35)52-18-15-37(3,4)51;5-3(6)1-2-4(7)8/h5-8,21-23,25,29,33,50-51H,9-20H2,1-4H3;1-2H,(H,5,6)(H,7,8)/b;2-1-/t29-,33-;/m0./s1. The van der Waals surface area contributed by atoms with Crippen LogP contribution in [0, 0.1) is 5.41 Å². The molecule has 0 spiro atoms. The van der Waals surface area contributed by atoms with Crippen molar-refractivity contribution in [1.82, 2.24) is 15.0 Å². The minimum atomic E-state index is -4.60. The molecule has 1 saturated heterocycles. The molecule has 0 amide bonds. The Bertz CT molecular complexity index is 1970. The monoisotopic (exact) mass is 850 g/mol. The van der Waals surface area contributed by atoms with Crippen molar-refractivity contribution < 1.29 is 61.1 Å². The Balaban J connectivity index is 0.000000774. The van der Waals surface area contributed by atoms with Gasteiger partial charge in [0.05, 0.1) is 42.0 Å². The minimum absolute atomic E-state index is 0.0136. The summed E-state index contributed by atoms with van der Waals surface area (Å²) in [5, 5.41) is 37.2. The Hall–Kier alpha value is -4.77. The number of rotatable bonds is 11. The molecule has 0 bridgehead atoms. The van der Waals surface area contributed by atoms with Gasteiger partial charge in [0, 0.05) is 67.2 Å². The number of aliphatic hydroxyl groups excluding tert-OH is 1. The van der Waals surface area contributed by atoms with Gasteiger partial charge in [-0.25, -0.2) is 32.7 Å². The van der Waals surface area contributed by atoms with E-state index in [-0.39, 0.29) is 48.1 Å². The number of halogens is 6. The summed E-state index contributed by atoms with van der Waals surface area (Å²) in [4.78, 5) is 35.2. The van der Waals surface area contributed by atoms with Crippen LogP contribution < -0.4 is 9.64 Å². The Morgan fingerprint density at radius 1 is 0.933 bits per heavy atom. The van der Waals surface area contributed by atoms with Crippen molar-refractivity contribution in [2.45, 2.75) is 127 Å². The Morgan fingerprint density at radius 2 is 1.50 bits per heavy atom. The molecule has 1 aliphatic heterocycles. The van der Waals surface area contributed by atoms with Crippen molar-refractivity contribution in [3.05, 3.63) is 88.0 Å². The molecule has 6 rings (SSSR count). The highest BCUT2D eigenvalue weighted by molar-refractivity contribution is 5.89. The summed E-state index contributed by atoms with van der Waals surface area (Å²) in [7, 11) is 0. The van der Waals surface area contributed by atoms with E-state index in [0.29, 0.717) is 98.2 Å². The van der Waals surface area contributed by atoms with Crippen molar-refractivity contribution in [2.24, 2.45) is 5.41 Å². The first-order valence-corrected chi connectivity index (χ1v) is 19.9. The zero-order chi connectivity index (χ0) is 44.2. The lowest BCUT2D eigenvalue weighted by Crippen LogP contribution is -2.36. The number of nitrogens with zero attached hydrogens (tertiary/aromatic N) is 4. The number of alkyl halides is 6. The summed E-state index contributed by atoms with van der Waals surface area (Å²) >= 11 is 0. The van der Waals surface area contributed by atoms with Crippen molar-refractivity contribution in [3.8, 4) is 5.75 Å². The number of aromatic nitrogens is 3. The number of hydrogen-bond acceptors (Lipinski definition) is 9. The maximum atomic E-state index is 17.3. The van der Waals surface area contributed by atoms with E-state index in [1.54, 1.807) is 26.2 Å². The average Bonchev–Trinajstić information content (AvgIpc) is 3.15. The fourth-order valence-corrected chi connectivity index (χ4v) is 8.18. The number of anilines is 1. The summed E-state index contributed by atoms with van der Waals surface area (Å²) in [5.74, 6) is -5.11. The molecule has 2 aliphatic carbocycles. The topological polar surface area (TPSA) is 166 Å². The molecule has 3 heterocycles. The van der Waals surface area contributed by atoms with Crippen LogP contribution in [0.3, 0.4) is 0 Å². The van der Waals surface area contributed by atoms with Gasteiger partial charge in [-0.3, -0.25) is 4.98 Å². The van der Waals surface area contributed by atoms with Gasteiger partial charge in [-0.15, -0.1) is 0 Å². The van der Waals surface area contributed by atoms with Gasteiger partial charge >= 0.3 is 18.1 Å². The van der Waals surface area contributed by atoms with Crippen LogP contribution in [0.2, 0.25) is 0 Å². The summed E-state index contributed by atoms with van der Waals surface area (Å²) in [6.07, 6.45) is -1.34. The molecule has 3 aliphatic rings. The number of fused-ring (bicyclic) bond motifs is 1. The van der Waals surface area contributed by atoms with Gasteiger partial charge in [0.15, 0.2) is 11.9 Å². The third-order valence-electron chi connectivity index (χ3n) is 11.2. The summed E-state index contributed by atoms with van der Waals surface area (Å²) in [6, 6.07) is 3.97. The summed E-state index contributed by atoms with van der Waals surface area (Å²) in [5.41, 5.74) is 0.273. The number of aliphatic hydroxyl groups is 2. The first-order chi connectivity index (χ1) is 27.9. The molecule has 17 heteroatoms. The maximum absolute atomic E-state index is 17.3. The molecule has 0 radical (unpaired) electrons. The van der Waals surface area contributed by atoms with Crippen molar-refractivity contribution in [2.75, 3.05) is 24.6 Å². The van der Waals surface area contributed by atoms with Gasteiger partial charge in [-0.2, -0.15) is 13.2 Å². The number of carboxylic acid groups (broad SMARTS) is 2. The highest BCUT2D eigenvalue weighted by Gasteiger charge is 2.44. The van der Waals surface area contributed by atoms with E-state index < -0.39 is 53.4 Å². The number of benzene rings is 1. The lowest BCUT2D eigenvalue weighted by molar-refractivity contribution is -0.137. The van der Waals surface area contributed by atoms with Crippen LogP contribution in [-0.4, -0.2) is 78.5 Å². The quantitative estimate of drug-likeness (QED) is 0.108. The molecule has 2 fully saturated rings. The van der Waals surface area contributed by atoms with Gasteiger partial charge < -0.3 is 30.1 Å². The van der Waals surface area contributed by atoms with Gasteiger partial charge in [-0.05, 0) is 87.0 Å². The van der Waals surface area contributed by atoms with E-state index in [1.807, 2.05) is 18.7 Å². The van der Waals surface area contributed by atoms with Crippen LogP contribution in [0.5, 0.6) is 5.75 Å². The second kappa shape index (κ2) is 18.5. The second-order valence-electron chi connectivity index (χ2n) is 17.3. The zero-order valence-corrected chi connectivity index (χ0v) is 34.0. The predicted molar refractivity (Wildman–Crippen MR) is 209 cm³/mol. The fraction of sp³-hybridized carbons (Fsp3) is 0.558. The molecule has 328 valence electrons. The number of carbonyl (C=O) groups is 2. The van der Waals surface area contributed by atoms with Crippen LogP contribution >= 0.6 is 0 Å². The van der Waals surface area contributed by atoms with E-state index in [2.05, 4.69) is 9.97 Å². The number of hydrogen-bond donors (Lipinski definition) is 4. The first kappa shape index (κ1) is 46.3. The molecule has 1 saturated carbocycles. The third-order valence-corrected chi connectivity index (χ3v) is 11.2. The van der Waals surface area contributed by atoms with E-state index in [1.165, 1.54) is 0 Å². The number of ether oxygens (including phenoxy) is 1. The summed E-state index contributed by atoms with van der Waals surface area (Å²) in [6.45, 7) is 8.78. The van der Waals surface area contributed by atoms with E-state index in [0.717, 1.165) is 24.3 Å². The average molecular weight is 851 g/mol. The molecule has 2 atom stereocenters. The number of pyridine rings is 1. The van der Waals surface area contributed by atoms with Crippen molar-refractivity contribution >= 4 is 17.9 Å². The highest BCUT2D eigenvalue weighted by Crippen LogP contribution is 2.52.